The van der Waals surface area contributed by atoms with Crippen LogP contribution in [0.3, 0.4) is 0 Å². The van der Waals surface area contributed by atoms with Gasteiger partial charge in [-0.15, -0.1) is 24.8 Å². The van der Waals surface area contributed by atoms with E-state index in [4.69, 9.17) is 0 Å². The van der Waals surface area contributed by atoms with Gasteiger partial charge in [-0.1, -0.05) is 0 Å². The van der Waals surface area contributed by atoms with Crippen LogP contribution < -0.4 is 5.32 Å². The Balaban J connectivity index is 0. The number of likely N-dealkylation sites (N-methyl/N-ethyl adjacent to an activating group) is 1. The van der Waals surface area contributed by atoms with Gasteiger partial charge in [0.15, 0.2) is 0 Å². The lowest BCUT2D eigenvalue weighted by molar-refractivity contribution is -0.163. The summed E-state index contributed by atoms with van der Waals surface area (Å²) in [7, 11) is 1.69. The molecule has 0 saturated carbocycles. The van der Waals surface area contributed by atoms with Gasteiger partial charge in [0.25, 0.3) is 0 Å². The highest BCUT2D eigenvalue weighted by Gasteiger charge is 2.41. The highest BCUT2D eigenvalue weighted by molar-refractivity contribution is 5.85. The summed E-state index contributed by atoms with van der Waals surface area (Å²) >= 11 is 0. The molecule has 0 spiro atoms. The quantitative estimate of drug-likeness (QED) is 0.687. The second-order valence-electron chi connectivity index (χ2n) is 2.81. The monoisotopic (exact) mass is 240 g/mol. The summed E-state index contributed by atoms with van der Waals surface area (Å²) in [5, 5.41) is 2.42. The molecule has 13 heavy (non-hydrogen) atoms. The third-order valence-electron chi connectivity index (χ3n) is 1.77. The molecule has 0 aliphatic carbocycles. The van der Waals surface area contributed by atoms with E-state index < -0.39 is 12.2 Å². The van der Waals surface area contributed by atoms with Crippen LogP contribution in [-0.4, -0.2) is 43.8 Å². The molecule has 7 heteroatoms. The van der Waals surface area contributed by atoms with Crippen molar-refractivity contribution in [2.24, 2.45) is 0 Å². The van der Waals surface area contributed by atoms with E-state index in [1.165, 1.54) is 0 Å². The van der Waals surface area contributed by atoms with E-state index in [1.807, 2.05) is 0 Å². The average Bonchev–Trinajstić information content (AvgIpc) is 1.86. The van der Waals surface area contributed by atoms with Crippen LogP contribution in [-0.2, 0) is 0 Å². The zero-order valence-electron chi connectivity index (χ0n) is 7.10. The Labute approximate surface area is 87.7 Å². The molecule has 2 nitrogen and oxygen atoms in total. The van der Waals surface area contributed by atoms with E-state index in [1.54, 1.807) is 11.9 Å². The molecule has 82 valence electrons. The lowest BCUT2D eigenvalue weighted by Gasteiger charge is -2.31. The van der Waals surface area contributed by atoms with E-state index >= 15 is 0 Å². The summed E-state index contributed by atoms with van der Waals surface area (Å²) in [6.45, 7) is 1.16. The number of nitrogens with zero attached hydrogens (tertiary/aromatic N) is 1. The molecule has 0 bridgehead atoms. The number of nitrogens with one attached hydrogen (secondary N) is 1. The maximum atomic E-state index is 12.0. The number of hydrogen-bond donors (Lipinski definition) is 1. The van der Waals surface area contributed by atoms with E-state index in [0.29, 0.717) is 13.1 Å². The van der Waals surface area contributed by atoms with Crippen LogP contribution in [0.25, 0.3) is 0 Å². The van der Waals surface area contributed by atoms with Crippen LogP contribution in [0.15, 0.2) is 0 Å². The molecule has 1 N–H and O–H groups in total. The van der Waals surface area contributed by atoms with Gasteiger partial charge in [-0.2, -0.15) is 13.2 Å². The van der Waals surface area contributed by atoms with Crippen molar-refractivity contribution in [3.8, 4) is 0 Å². The van der Waals surface area contributed by atoms with Crippen LogP contribution in [0, 0.1) is 0 Å². The first-order chi connectivity index (χ1) is 5.00. The van der Waals surface area contributed by atoms with Gasteiger partial charge in [0.05, 0.1) is 0 Å². The molecule has 1 atom stereocenters. The number of alkyl halides is 3. The van der Waals surface area contributed by atoms with Gasteiger partial charge in [0.2, 0.25) is 0 Å². The maximum absolute atomic E-state index is 12.0. The standard InChI is InChI=1S/C6H11F3N2.2ClH/c1-11-3-2-10-5(4-11)6(7,8)9;;/h5,10H,2-4H2,1H3;2*1H. The predicted molar refractivity (Wildman–Crippen MR) is 49.8 cm³/mol. The van der Waals surface area contributed by atoms with Gasteiger partial charge in [-0.05, 0) is 7.05 Å². The van der Waals surface area contributed by atoms with Gasteiger partial charge < -0.3 is 10.2 Å². The lowest BCUT2D eigenvalue weighted by Crippen LogP contribution is -2.55. The molecular weight excluding hydrogens is 228 g/mol. The lowest BCUT2D eigenvalue weighted by atomic mass is 10.2. The van der Waals surface area contributed by atoms with Gasteiger partial charge >= 0.3 is 6.18 Å². The van der Waals surface area contributed by atoms with Crippen molar-refractivity contribution >= 4 is 24.8 Å². The second kappa shape index (κ2) is 5.90. The maximum Gasteiger partial charge on any atom is 0.405 e. The van der Waals surface area contributed by atoms with Crippen molar-refractivity contribution in [2.75, 3.05) is 26.7 Å². The Hall–Kier alpha value is 0.290. The number of piperazine rings is 1. The second-order valence-corrected chi connectivity index (χ2v) is 2.81. The summed E-state index contributed by atoms with van der Waals surface area (Å²) in [6.07, 6.45) is -4.10. The smallest absolute Gasteiger partial charge is 0.304 e. The fraction of sp³-hybridized carbons (Fsp3) is 1.00. The Morgan fingerprint density at radius 3 is 2.15 bits per heavy atom. The van der Waals surface area contributed by atoms with Crippen LogP contribution in [0.5, 0.6) is 0 Å². The van der Waals surface area contributed by atoms with Crippen molar-refractivity contribution in [1.82, 2.24) is 10.2 Å². The van der Waals surface area contributed by atoms with E-state index in [9.17, 15) is 13.2 Å². The number of rotatable bonds is 0. The summed E-state index contributed by atoms with van der Waals surface area (Å²) in [6, 6.07) is -1.35. The molecule has 1 rings (SSSR count). The van der Waals surface area contributed by atoms with E-state index in [-0.39, 0.29) is 31.4 Å². The zero-order chi connectivity index (χ0) is 8.48. The summed E-state index contributed by atoms with van der Waals surface area (Å²) in [4.78, 5) is 1.68. The largest absolute Gasteiger partial charge is 0.405 e. The number of halogens is 5. The zero-order valence-corrected chi connectivity index (χ0v) is 8.73. The Morgan fingerprint density at radius 2 is 1.85 bits per heavy atom. The van der Waals surface area contributed by atoms with E-state index in [0.717, 1.165) is 0 Å². The van der Waals surface area contributed by atoms with Crippen LogP contribution in [0.2, 0.25) is 0 Å². The third kappa shape index (κ3) is 4.90. The van der Waals surface area contributed by atoms with Gasteiger partial charge in [0.1, 0.15) is 6.04 Å². The van der Waals surface area contributed by atoms with E-state index in [2.05, 4.69) is 5.32 Å². The molecule has 0 radical (unpaired) electrons. The summed E-state index contributed by atoms with van der Waals surface area (Å²) in [5.74, 6) is 0. The van der Waals surface area contributed by atoms with Crippen molar-refractivity contribution in [1.29, 1.82) is 0 Å². The van der Waals surface area contributed by atoms with Crippen molar-refractivity contribution in [3.05, 3.63) is 0 Å². The summed E-state index contributed by atoms with van der Waals surface area (Å²) < 4.78 is 36.1. The van der Waals surface area contributed by atoms with Crippen LogP contribution in [0.4, 0.5) is 13.2 Å². The fourth-order valence-corrected chi connectivity index (χ4v) is 1.12. The van der Waals surface area contributed by atoms with Crippen molar-refractivity contribution in [2.45, 2.75) is 12.2 Å². The van der Waals surface area contributed by atoms with Gasteiger partial charge in [-0.25, -0.2) is 0 Å². The minimum atomic E-state index is -4.10. The molecule has 0 amide bonds. The minimum absolute atomic E-state index is 0. The Morgan fingerprint density at radius 1 is 1.31 bits per heavy atom. The molecule has 0 aromatic carbocycles. The Kier molecular flexibility index (Phi) is 7.15. The molecule has 0 aromatic rings. The third-order valence-corrected chi connectivity index (χ3v) is 1.77. The Bertz CT molecular complexity index is 142. The summed E-state index contributed by atoms with van der Waals surface area (Å²) in [5.41, 5.74) is 0. The van der Waals surface area contributed by atoms with Gasteiger partial charge in [-0.3, -0.25) is 0 Å². The van der Waals surface area contributed by atoms with Crippen LogP contribution >= 0.6 is 24.8 Å². The average molecular weight is 241 g/mol. The van der Waals surface area contributed by atoms with Crippen molar-refractivity contribution in [3.63, 3.8) is 0 Å². The molecule has 0 aromatic heterocycles. The molecule has 1 aliphatic rings. The SMILES string of the molecule is CN1CCNC(C(F)(F)F)C1.Cl.Cl. The van der Waals surface area contributed by atoms with Gasteiger partial charge in [0, 0.05) is 19.6 Å². The molecular formula is C6H13Cl2F3N2. The molecule has 1 aliphatic heterocycles. The minimum Gasteiger partial charge on any atom is -0.304 e. The molecule has 1 fully saturated rings. The highest BCUT2D eigenvalue weighted by Crippen LogP contribution is 2.21. The van der Waals surface area contributed by atoms with Crippen LogP contribution in [0.1, 0.15) is 0 Å². The highest BCUT2D eigenvalue weighted by atomic mass is 35.5. The molecule has 1 saturated heterocycles. The topological polar surface area (TPSA) is 15.3 Å². The number of hydrogen-bond acceptors (Lipinski definition) is 2. The van der Waals surface area contributed by atoms with Crippen molar-refractivity contribution < 1.29 is 13.2 Å². The molecule has 1 unspecified atom stereocenters. The predicted octanol–water partition coefficient (Wildman–Crippen LogP) is 1.30. The first-order valence-electron chi connectivity index (χ1n) is 3.49. The fourth-order valence-electron chi connectivity index (χ4n) is 1.12. The normalized spacial score (nSPS) is 24.5. The first kappa shape index (κ1) is 15.7. The first-order valence-corrected chi connectivity index (χ1v) is 3.49. The molecule has 1 heterocycles.